The van der Waals surface area contributed by atoms with Crippen molar-refractivity contribution >= 4 is 17.6 Å². The number of hydrogen-bond acceptors (Lipinski definition) is 7. The molecule has 0 amide bonds. The van der Waals surface area contributed by atoms with E-state index in [0.29, 0.717) is 23.1 Å². The molecule has 0 bridgehead atoms. The Morgan fingerprint density at radius 3 is 2.94 bits per heavy atom. The number of hydrazine groups is 1. The summed E-state index contributed by atoms with van der Waals surface area (Å²) in [6.07, 6.45) is -0.693. The maximum absolute atomic E-state index is 9.15. The number of rotatable bonds is 6. The number of nitrogen functional groups attached to an aromatic ring is 1. The highest BCUT2D eigenvalue weighted by atomic mass is 32.2. The smallest absolute Gasteiger partial charge is 0.143 e. The summed E-state index contributed by atoms with van der Waals surface area (Å²) >= 11 is 1.46. The van der Waals surface area contributed by atoms with Crippen LogP contribution in [0.5, 0.6) is 0 Å². The van der Waals surface area contributed by atoms with Crippen LogP contribution in [0.1, 0.15) is 11.5 Å². The van der Waals surface area contributed by atoms with Crippen LogP contribution in [0.4, 0.5) is 5.82 Å². The molecule has 6 nitrogen and oxygen atoms in total. The second kappa shape index (κ2) is 6.64. The van der Waals surface area contributed by atoms with E-state index in [1.807, 2.05) is 6.92 Å². The summed E-state index contributed by atoms with van der Waals surface area (Å²) in [7, 11) is 0. The first kappa shape index (κ1) is 13.2. The minimum Gasteiger partial charge on any atom is -0.394 e. The van der Waals surface area contributed by atoms with Gasteiger partial charge in [-0.2, -0.15) is 11.8 Å². The minimum atomic E-state index is -0.693. The van der Waals surface area contributed by atoms with Gasteiger partial charge in [-0.3, -0.25) is 0 Å². The number of aromatic nitrogens is 2. The number of thioether (sulfide) groups is 1. The van der Waals surface area contributed by atoms with Gasteiger partial charge in [0.15, 0.2) is 0 Å². The summed E-state index contributed by atoms with van der Waals surface area (Å²) in [5.74, 6) is 7.53. The van der Waals surface area contributed by atoms with Crippen molar-refractivity contribution in [1.29, 1.82) is 0 Å². The lowest BCUT2D eigenvalue weighted by molar-refractivity contribution is 0.113. The molecule has 0 aliphatic heterocycles. The Balaban J connectivity index is 2.50. The largest absolute Gasteiger partial charge is 0.394 e. The molecule has 1 aromatic heterocycles. The van der Waals surface area contributed by atoms with Gasteiger partial charge in [0.05, 0.1) is 18.5 Å². The second-order valence-corrected chi connectivity index (χ2v) is 4.34. The average molecular weight is 244 g/mol. The zero-order valence-electron chi connectivity index (χ0n) is 9.05. The minimum absolute atomic E-state index is 0.225. The molecule has 0 aromatic carbocycles. The van der Waals surface area contributed by atoms with E-state index in [-0.39, 0.29) is 6.61 Å². The van der Waals surface area contributed by atoms with Crippen molar-refractivity contribution in [3.63, 3.8) is 0 Å². The predicted molar refractivity (Wildman–Crippen MR) is 63.8 cm³/mol. The van der Waals surface area contributed by atoms with Crippen molar-refractivity contribution in [2.45, 2.75) is 18.8 Å². The van der Waals surface area contributed by atoms with Crippen molar-refractivity contribution in [3.8, 4) is 0 Å². The summed E-state index contributed by atoms with van der Waals surface area (Å²) in [6.45, 7) is 1.64. The van der Waals surface area contributed by atoms with Gasteiger partial charge in [0.1, 0.15) is 11.6 Å². The number of aryl methyl sites for hydroxylation is 1. The van der Waals surface area contributed by atoms with Gasteiger partial charge in [-0.1, -0.05) is 0 Å². The lowest BCUT2D eigenvalue weighted by Crippen LogP contribution is -2.15. The fourth-order valence-corrected chi connectivity index (χ4v) is 1.91. The second-order valence-electron chi connectivity index (χ2n) is 3.31. The number of hydrogen-bond donors (Lipinski definition) is 4. The maximum atomic E-state index is 9.15. The Morgan fingerprint density at radius 2 is 2.31 bits per heavy atom. The Hall–Kier alpha value is -0.890. The van der Waals surface area contributed by atoms with Crippen LogP contribution in [0.15, 0.2) is 6.07 Å². The lowest BCUT2D eigenvalue weighted by atomic mass is 10.4. The Labute approximate surface area is 98.3 Å². The zero-order valence-corrected chi connectivity index (χ0v) is 9.87. The normalized spacial score (nSPS) is 12.5. The van der Waals surface area contributed by atoms with Gasteiger partial charge >= 0.3 is 0 Å². The number of anilines is 1. The van der Waals surface area contributed by atoms with Crippen molar-refractivity contribution in [3.05, 3.63) is 17.6 Å². The zero-order chi connectivity index (χ0) is 12.0. The molecule has 7 heteroatoms. The van der Waals surface area contributed by atoms with Gasteiger partial charge in [-0.15, -0.1) is 0 Å². The van der Waals surface area contributed by atoms with Gasteiger partial charge in [0.25, 0.3) is 0 Å². The number of nitrogens with one attached hydrogen (secondary N) is 1. The van der Waals surface area contributed by atoms with E-state index in [9.17, 15) is 0 Å². The molecule has 1 aromatic rings. The lowest BCUT2D eigenvalue weighted by Gasteiger charge is -2.07. The molecular weight excluding hydrogens is 228 g/mol. The van der Waals surface area contributed by atoms with Crippen LogP contribution in [0, 0.1) is 6.92 Å². The summed E-state index contributed by atoms with van der Waals surface area (Å²) in [5, 5.41) is 17.8. The van der Waals surface area contributed by atoms with E-state index in [0.717, 1.165) is 5.69 Å². The highest BCUT2D eigenvalue weighted by Gasteiger charge is 2.05. The molecule has 0 aliphatic carbocycles. The topological polar surface area (TPSA) is 104 Å². The fraction of sp³-hybridized carbons (Fsp3) is 0.556. The molecule has 0 radical (unpaired) electrons. The van der Waals surface area contributed by atoms with Gasteiger partial charge in [0.2, 0.25) is 0 Å². The third kappa shape index (κ3) is 4.31. The van der Waals surface area contributed by atoms with Crippen LogP contribution in [-0.2, 0) is 5.75 Å². The number of aliphatic hydroxyl groups excluding tert-OH is 2. The van der Waals surface area contributed by atoms with E-state index in [4.69, 9.17) is 16.1 Å². The molecule has 1 rings (SSSR count). The third-order valence-corrected chi connectivity index (χ3v) is 2.88. The van der Waals surface area contributed by atoms with E-state index in [1.165, 1.54) is 11.8 Å². The van der Waals surface area contributed by atoms with Crippen LogP contribution < -0.4 is 11.3 Å². The van der Waals surface area contributed by atoms with E-state index in [1.54, 1.807) is 6.07 Å². The predicted octanol–water partition coefficient (Wildman–Crippen LogP) is -0.343. The van der Waals surface area contributed by atoms with E-state index in [2.05, 4.69) is 15.4 Å². The Kier molecular flexibility index (Phi) is 5.47. The first-order valence-corrected chi connectivity index (χ1v) is 5.99. The van der Waals surface area contributed by atoms with Crippen LogP contribution in [0.3, 0.4) is 0 Å². The summed E-state index contributed by atoms with van der Waals surface area (Å²) in [5.41, 5.74) is 3.30. The molecule has 0 saturated heterocycles. The highest BCUT2D eigenvalue weighted by molar-refractivity contribution is 7.98. The van der Waals surface area contributed by atoms with Crippen LogP contribution in [0.25, 0.3) is 0 Å². The first-order valence-electron chi connectivity index (χ1n) is 4.83. The molecular formula is C9H16N4O2S. The molecule has 0 saturated carbocycles. The van der Waals surface area contributed by atoms with Crippen LogP contribution in [-0.4, -0.2) is 38.6 Å². The van der Waals surface area contributed by atoms with Crippen molar-refractivity contribution in [1.82, 2.24) is 9.97 Å². The molecule has 1 atom stereocenters. The summed E-state index contributed by atoms with van der Waals surface area (Å²) < 4.78 is 0. The van der Waals surface area contributed by atoms with Crippen LogP contribution >= 0.6 is 11.8 Å². The number of nitrogens with two attached hydrogens (primary N) is 1. The molecule has 1 unspecified atom stereocenters. The van der Waals surface area contributed by atoms with Crippen molar-refractivity contribution in [2.75, 3.05) is 17.8 Å². The molecule has 16 heavy (non-hydrogen) atoms. The van der Waals surface area contributed by atoms with E-state index < -0.39 is 6.10 Å². The first-order chi connectivity index (χ1) is 7.65. The quantitative estimate of drug-likeness (QED) is 0.401. The number of aliphatic hydroxyl groups is 2. The average Bonchev–Trinajstić information content (AvgIpc) is 2.28. The summed E-state index contributed by atoms with van der Waals surface area (Å²) in [4.78, 5) is 8.40. The molecule has 5 N–H and O–H groups in total. The van der Waals surface area contributed by atoms with Gasteiger partial charge in [-0.25, -0.2) is 15.8 Å². The summed E-state index contributed by atoms with van der Waals surface area (Å²) in [6, 6.07) is 1.75. The maximum Gasteiger partial charge on any atom is 0.143 e. The van der Waals surface area contributed by atoms with Gasteiger partial charge in [-0.05, 0) is 6.92 Å². The fourth-order valence-electron chi connectivity index (χ4n) is 1.11. The van der Waals surface area contributed by atoms with Gasteiger partial charge < -0.3 is 15.6 Å². The molecule has 0 spiro atoms. The third-order valence-electron chi connectivity index (χ3n) is 1.80. The van der Waals surface area contributed by atoms with Crippen molar-refractivity contribution < 1.29 is 10.2 Å². The molecule has 0 fully saturated rings. The SMILES string of the molecule is Cc1cc(NN)nc(CSCC(O)CO)n1. The molecule has 90 valence electrons. The van der Waals surface area contributed by atoms with E-state index >= 15 is 0 Å². The van der Waals surface area contributed by atoms with Gasteiger partial charge in [0, 0.05) is 17.5 Å². The molecule has 0 aliphatic rings. The standard InChI is InChI=1S/C9H16N4O2S/c1-6-2-8(13-10)12-9(11-6)5-16-4-7(15)3-14/h2,7,14-15H,3-5,10H2,1H3,(H,11,12,13). The monoisotopic (exact) mass is 244 g/mol. The Morgan fingerprint density at radius 1 is 1.56 bits per heavy atom. The van der Waals surface area contributed by atoms with Crippen LogP contribution in [0.2, 0.25) is 0 Å². The Bertz CT molecular complexity index is 337. The highest BCUT2D eigenvalue weighted by Crippen LogP contribution is 2.12. The number of nitrogens with zero attached hydrogens (tertiary/aromatic N) is 2. The molecule has 1 heterocycles. The van der Waals surface area contributed by atoms with Crippen molar-refractivity contribution in [2.24, 2.45) is 5.84 Å².